The number of hydrogen-bond donors (Lipinski definition) is 0. The molecule has 0 spiro atoms. The van der Waals surface area contributed by atoms with Crippen LogP contribution >= 0.6 is 0 Å². The Hall–Kier alpha value is -2.54. The van der Waals surface area contributed by atoms with Crippen LogP contribution in [0.5, 0.6) is 11.6 Å². The van der Waals surface area contributed by atoms with E-state index in [1.165, 1.54) is 12.1 Å². The second kappa shape index (κ2) is 8.00. The van der Waals surface area contributed by atoms with Gasteiger partial charge in [-0.3, -0.25) is 9.78 Å². The molecule has 4 rings (SSSR count). The first-order chi connectivity index (χ1) is 13.2. The maximum atomic E-state index is 13.1. The SMILES string of the molecule is O=C([C@H]1CCCO1)N1CCC(c2nccnc2Oc2ccc(F)cc2)CC1. The Morgan fingerprint density at radius 1 is 1.11 bits per heavy atom. The molecule has 27 heavy (non-hydrogen) atoms. The number of hydrogen-bond acceptors (Lipinski definition) is 5. The molecule has 0 saturated carbocycles. The lowest BCUT2D eigenvalue weighted by atomic mass is 9.93. The van der Waals surface area contributed by atoms with Crippen molar-refractivity contribution in [2.45, 2.75) is 37.7 Å². The highest BCUT2D eigenvalue weighted by molar-refractivity contribution is 5.81. The molecule has 1 amide bonds. The summed E-state index contributed by atoms with van der Waals surface area (Å²) in [5.41, 5.74) is 0.783. The van der Waals surface area contributed by atoms with Gasteiger partial charge in [-0.1, -0.05) is 0 Å². The summed E-state index contributed by atoms with van der Waals surface area (Å²) in [6, 6.07) is 5.83. The summed E-state index contributed by atoms with van der Waals surface area (Å²) in [6.45, 7) is 2.03. The van der Waals surface area contributed by atoms with Crippen LogP contribution in [0.4, 0.5) is 4.39 Å². The molecule has 2 aliphatic rings. The molecule has 1 aromatic carbocycles. The van der Waals surface area contributed by atoms with E-state index in [2.05, 4.69) is 9.97 Å². The number of likely N-dealkylation sites (tertiary alicyclic amines) is 1. The molecule has 2 aliphatic heterocycles. The molecule has 6 nitrogen and oxygen atoms in total. The Labute approximate surface area is 157 Å². The summed E-state index contributed by atoms with van der Waals surface area (Å²) < 4.78 is 24.4. The third-order valence-electron chi connectivity index (χ3n) is 5.12. The molecule has 0 aliphatic carbocycles. The molecular formula is C20H22FN3O3. The van der Waals surface area contributed by atoms with E-state index in [1.807, 2.05) is 4.90 Å². The normalized spacial score (nSPS) is 20.6. The summed E-state index contributed by atoms with van der Waals surface area (Å²) in [7, 11) is 0. The van der Waals surface area contributed by atoms with Gasteiger partial charge in [0.15, 0.2) is 0 Å². The van der Waals surface area contributed by atoms with Gasteiger partial charge < -0.3 is 14.4 Å². The molecule has 142 valence electrons. The third kappa shape index (κ3) is 4.08. The highest BCUT2D eigenvalue weighted by Gasteiger charge is 2.32. The van der Waals surface area contributed by atoms with Gasteiger partial charge in [0.1, 0.15) is 23.4 Å². The van der Waals surface area contributed by atoms with Gasteiger partial charge in [-0.05, 0) is 49.9 Å². The van der Waals surface area contributed by atoms with Crippen LogP contribution in [0.2, 0.25) is 0 Å². The maximum absolute atomic E-state index is 13.1. The number of halogens is 1. The van der Waals surface area contributed by atoms with E-state index in [9.17, 15) is 9.18 Å². The highest BCUT2D eigenvalue weighted by Crippen LogP contribution is 2.34. The van der Waals surface area contributed by atoms with Crippen LogP contribution in [0.15, 0.2) is 36.7 Å². The largest absolute Gasteiger partial charge is 0.437 e. The van der Waals surface area contributed by atoms with Crippen LogP contribution in [-0.4, -0.2) is 46.6 Å². The number of nitrogens with zero attached hydrogens (tertiary/aromatic N) is 3. The molecule has 0 radical (unpaired) electrons. The Morgan fingerprint density at radius 3 is 2.56 bits per heavy atom. The number of carbonyl (C=O) groups is 1. The van der Waals surface area contributed by atoms with Gasteiger partial charge in [-0.2, -0.15) is 0 Å². The number of piperidine rings is 1. The molecule has 2 aromatic rings. The summed E-state index contributed by atoms with van der Waals surface area (Å²) in [5.74, 6) is 0.915. The second-order valence-corrected chi connectivity index (χ2v) is 6.90. The van der Waals surface area contributed by atoms with Crippen molar-refractivity contribution in [3.63, 3.8) is 0 Å². The topological polar surface area (TPSA) is 64.5 Å². The van der Waals surface area contributed by atoms with E-state index in [0.29, 0.717) is 31.3 Å². The van der Waals surface area contributed by atoms with E-state index in [0.717, 1.165) is 31.4 Å². The predicted octanol–water partition coefficient (Wildman–Crippen LogP) is 3.29. The fourth-order valence-corrected chi connectivity index (χ4v) is 3.66. The minimum absolute atomic E-state index is 0.105. The van der Waals surface area contributed by atoms with Crippen molar-refractivity contribution >= 4 is 5.91 Å². The van der Waals surface area contributed by atoms with Crippen LogP contribution in [0.1, 0.15) is 37.3 Å². The zero-order valence-electron chi connectivity index (χ0n) is 15.0. The van der Waals surface area contributed by atoms with Crippen molar-refractivity contribution in [1.29, 1.82) is 0 Å². The quantitative estimate of drug-likeness (QED) is 0.825. The standard InChI is InChI=1S/C20H22FN3O3/c21-15-3-5-16(6-4-15)27-19-18(22-9-10-23-19)14-7-11-24(12-8-14)20(25)17-2-1-13-26-17/h3-6,9-10,14,17H,1-2,7-8,11-13H2/t17-/m1/s1. The van der Waals surface area contributed by atoms with Crippen LogP contribution in [0, 0.1) is 5.82 Å². The zero-order chi connectivity index (χ0) is 18.6. The number of benzene rings is 1. The summed E-state index contributed by atoms with van der Waals surface area (Å²) in [6.07, 6.45) is 6.34. The molecule has 2 fully saturated rings. The number of aromatic nitrogens is 2. The average molecular weight is 371 g/mol. The van der Waals surface area contributed by atoms with Gasteiger partial charge in [0, 0.05) is 38.0 Å². The van der Waals surface area contributed by atoms with Crippen molar-refractivity contribution in [3.8, 4) is 11.6 Å². The van der Waals surface area contributed by atoms with Gasteiger partial charge in [-0.15, -0.1) is 0 Å². The molecule has 2 saturated heterocycles. The Morgan fingerprint density at radius 2 is 1.85 bits per heavy atom. The first-order valence-electron chi connectivity index (χ1n) is 9.35. The first kappa shape index (κ1) is 17.9. The third-order valence-corrected chi connectivity index (χ3v) is 5.12. The van der Waals surface area contributed by atoms with Gasteiger partial charge >= 0.3 is 0 Å². The van der Waals surface area contributed by atoms with Gasteiger partial charge in [0.2, 0.25) is 5.88 Å². The smallest absolute Gasteiger partial charge is 0.251 e. The van der Waals surface area contributed by atoms with E-state index in [1.54, 1.807) is 24.5 Å². The van der Waals surface area contributed by atoms with Crippen LogP contribution in [0.25, 0.3) is 0 Å². The minimum atomic E-state index is -0.315. The van der Waals surface area contributed by atoms with E-state index in [4.69, 9.17) is 9.47 Å². The van der Waals surface area contributed by atoms with E-state index < -0.39 is 0 Å². The summed E-state index contributed by atoms with van der Waals surface area (Å²) in [5, 5.41) is 0. The van der Waals surface area contributed by atoms with Gasteiger partial charge in [-0.25, -0.2) is 9.37 Å². The predicted molar refractivity (Wildman–Crippen MR) is 96.0 cm³/mol. The zero-order valence-corrected chi connectivity index (χ0v) is 15.0. The molecule has 7 heteroatoms. The minimum Gasteiger partial charge on any atom is -0.437 e. The number of carbonyl (C=O) groups excluding carboxylic acids is 1. The number of rotatable bonds is 4. The monoisotopic (exact) mass is 371 g/mol. The van der Waals surface area contributed by atoms with E-state index in [-0.39, 0.29) is 23.7 Å². The molecule has 0 N–H and O–H groups in total. The number of amides is 1. The summed E-state index contributed by atoms with van der Waals surface area (Å²) >= 11 is 0. The fraction of sp³-hybridized carbons (Fsp3) is 0.450. The lowest BCUT2D eigenvalue weighted by molar-refractivity contribution is -0.142. The fourth-order valence-electron chi connectivity index (χ4n) is 3.66. The molecule has 1 aromatic heterocycles. The average Bonchev–Trinajstić information content (AvgIpc) is 3.25. The molecular weight excluding hydrogens is 349 g/mol. The van der Waals surface area contributed by atoms with E-state index >= 15 is 0 Å². The first-order valence-corrected chi connectivity index (χ1v) is 9.35. The van der Waals surface area contributed by atoms with Crippen LogP contribution < -0.4 is 4.74 Å². The maximum Gasteiger partial charge on any atom is 0.251 e. The lowest BCUT2D eigenvalue weighted by Crippen LogP contribution is -2.43. The van der Waals surface area contributed by atoms with Crippen molar-refractivity contribution in [2.24, 2.45) is 0 Å². The van der Waals surface area contributed by atoms with Gasteiger partial charge in [0.05, 0.1) is 0 Å². The van der Waals surface area contributed by atoms with Crippen molar-refractivity contribution in [2.75, 3.05) is 19.7 Å². The second-order valence-electron chi connectivity index (χ2n) is 6.90. The molecule has 1 atom stereocenters. The van der Waals surface area contributed by atoms with Gasteiger partial charge in [0.25, 0.3) is 5.91 Å². The van der Waals surface area contributed by atoms with Crippen molar-refractivity contribution in [3.05, 3.63) is 48.2 Å². The van der Waals surface area contributed by atoms with Crippen LogP contribution in [-0.2, 0) is 9.53 Å². The van der Waals surface area contributed by atoms with Crippen LogP contribution in [0.3, 0.4) is 0 Å². The Bertz CT molecular complexity index is 785. The highest BCUT2D eigenvalue weighted by atomic mass is 19.1. The Kier molecular flexibility index (Phi) is 5.29. The number of ether oxygens (including phenoxy) is 2. The molecule has 0 bridgehead atoms. The summed E-state index contributed by atoms with van der Waals surface area (Å²) in [4.78, 5) is 23.2. The lowest BCUT2D eigenvalue weighted by Gasteiger charge is -2.33. The van der Waals surface area contributed by atoms with Crippen molar-refractivity contribution < 1.29 is 18.7 Å². The Balaban J connectivity index is 1.42. The molecule has 3 heterocycles. The van der Waals surface area contributed by atoms with Crippen molar-refractivity contribution in [1.82, 2.24) is 14.9 Å². The molecule has 0 unspecified atom stereocenters.